The molecular formula is C25H34ClN3O3. The van der Waals surface area contributed by atoms with Crippen molar-refractivity contribution in [1.82, 2.24) is 4.90 Å². The van der Waals surface area contributed by atoms with E-state index in [1.54, 1.807) is 31.4 Å². The van der Waals surface area contributed by atoms with E-state index in [9.17, 15) is 9.59 Å². The SMILES string of the molecule is COCCN(Cc1cc(NC(=O)c2ccccc2Cl)ccc1N(C)C)C(=O)CC(C)(C)C. The molecule has 32 heavy (non-hydrogen) atoms. The van der Waals surface area contributed by atoms with Crippen molar-refractivity contribution in [2.24, 2.45) is 5.41 Å². The molecule has 0 spiro atoms. The molecule has 2 aromatic carbocycles. The number of rotatable bonds is 9. The average Bonchev–Trinajstić information content (AvgIpc) is 2.70. The van der Waals surface area contributed by atoms with E-state index >= 15 is 0 Å². The van der Waals surface area contributed by atoms with Crippen LogP contribution in [0.3, 0.4) is 0 Å². The number of nitrogens with one attached hydrogen (secondary N) is 1. The fraction of sp³-hybridized carbons (Fsp3) is 0.440. The Labute approximate surface area is 196 Å². The summed E-state index contributed by atoms with van der Waals surface area (Å²) in [7, 11) is 5.54. The van der Waals surface area contributed by atoms with E-state index in [0.29, 0.717) is 42.4 Å². The van der Waals surface area contributed by atoms with Gasteiger partial charge in [0.2, 0.25) is 5.91 Å². The number of nitrogens with zero attached hydrogens (tertiary/aromatic N) is 2. The van der Waals surface area contributed by atoms with E-state index in [4.69, 9.17) is 16.3 Å². The Morgan fingerprint density at radius 3 is 2.38 bits per heavy atom. The Bertz CT molecular complexity index is 938. The summed E-state index contributed by atoms with van der Waals surface area (Å²) in [5.74, 6) is -0.205. The third-order valence-corrected chi connectivity index (χ3v) is 5.23. The van der Waals surface area contributed by atoms with Gasteiger partial charge in [0.05, 0.1) is 17.2 Å². The van der Waals surface area contributed by atoms with Crippen LogP contribution >= 0.6 is 11.6 Å². The number of methoxy groups -OCH3 is 1. The molecule has 0 radical (unpaired) electrons. The Morgan fingerprint density at radius 2 is 1.78 bits per heavy atom. The first-order chi connectivity index (χ1) is 15.0. The second-order valence-corrected chi connectivity index (χ2v) is 9.62. The molecular weight excluding hydrogens is 426 g/mol. The Morgan fingerprint density at radius 1 is 1.09 bits per heavy atom. The normalized spacial score (nSPS) is 11.2. The van der Waals surface area contributed by atoms with Gasteiger partial charge < -0.3 is 19.9 Å². The van der Waals surface area contributed by atoms with Gasteiger partial charge in [-0.25, -0.2) is 0 Å². The number of anilines is 2. The quantitative estimate of drug-likeness (QED) is 0.568. The van der Waals surface area contributed by atoms with Crippen LogP contribution in [-0.2, 0) is 16.1 Å². The van der Waals surface area contributed by atoms with Crippen LogP contribution in [0, 0.1) is 5.41 Å². The highest BCUT2D eigenvalue weighted by Gasteiger charge is 2.22. The maximum atomic E-state index is 13.0. The zero-order valence-corrected chi connectivity index (χ0v) is 20.6. The van der Waals surface area contributed by atoms with Gasteiger partial charge in [0.1, 0.15) is 0 Å². The van der Waals surface area contributed by atoms with Gasteiger partial charge in [0, 0.05) is 52.1 Å². The van der Waals surface area contributed by atoms with Gasteiger partial charge in [-0.3, -0.25) is 9.59 Å². The summed E-state index contributed by atoms with van der Waals surface area (Å²) in [6.45, 7) is 7.52. The topological polar surface area (TPSA) is 61.9 Å². The molecule has 1 N–H and O–H groups in total. The first-order valence-corrected chi connectivity index (χ1v) is 11.0. The van der Waals surface area contributed by atoms with Crippen molar-refractivity contribution in [3.8, 4) is 0 Å². The van der Waals surface area contributed by atoms with E-state index in [1.807, 2.05) is 42.1 Å². The first kappa shape index (κ1) is 25.7. The lowest BCUT2D eigenvalue weighted by Gasteiger charge is -2.28. The van der Waals surface area contributed by atoms with Crippen LogP contribution in [0.25, 0.3) is 0 Å². The van der Waals surface area contributed by atoms with E-state index in [1.165, 1.54) is 0 Å². The summed E-state index contributed by atoms with van der Waals surface area (Å²) < 4.78 is 5.23. The number of ether oxygens (including phenoxy) is 1. The molecule has 6 nitrogen and oxygen atoms in total. The van der Waals surface area contributed by atoms with Crippen molar-refractivity contribution in [3.63, 3.8) is 0 Å². The molecule has 0 atom stereocenters. The van der Waals surface area contributed by atoms with Crippen molar-refractivity contribution in [2.75, 3.05) is 44.6 Å². The third kappa shape index (κ3) is 7.53. The van der Waals surface area contributed by atoms with Gasteiger partial charge in [-0.15, -0.1) is 0 Å². The van der Waals surface area contributed by atoms with Gasteiger partial charge in [0.15, 0.2) is 0 Å². The van der Waals surface area contributed by atoms with Gasteiger partial charge in [-0.1, -0.05) is 44.5 Å². The summed E-state index contributed by atoms with van der Waals surface area (Å²) in [6, 6.07) is 12.6. The lowest BCUT2D eigenvalue weighted by atomic mass is 9.91. The lowest BCUT2D eigenvalue weighted by Crippen LogP contribution is -2.36. The van der Waals surface area contributed by atoms with Crippen LogP contribution in [0.5, 0.6) is 0 Å². The molecule has 0 aromatic heterocycles. The minimum absolute atomic E-state index is 0.0739. The molecule has 0 aliphatic heterocycles. The molecule has 0 fully saturated rings. The molecule has 0 aliphatic carbocycles. The van der Waals surface area contributed by atoms with Gasteiger partial charge in [0.25, 0.3) is 5.91 Å². The summed E-state index contributed by atoms with van der Waals surface area (Å²) >= 11 is 6.16. The number of hydrogen-bond acceptors (Lipinski definition) is 4. The van der Waals surface area contributed by atoms with Crippen LogP contribution < -0.4 is 10.2 Å². The van der Waals surface area contributed by atoms with Crippen LogP contribution in [-0.4, -0.2) is 51.1 Å². The second-order valence-electron chi connectivity index (χ2n) is 9.22. The van der Waals surface area contributed by atoms with Crippen molar-refractivity contribution in [2.45, 2.75) is 33.7 Å². The predicted molar refractivity (Wildman–Crippen MR) is 132 cm³/mol. The molecule has 0 bridgehead atoms. The summed E-state index contributed by atoms with van der Waals surface area (Å²) in [6.07, 6.45) is 0.441. The Balaban J connectivity index is 2.31. The predicted octanol–water partition coefficient (Wildman–Crippen LogP) is 5.07. The number of amides is 2. The standard InChI is InChI=1S/C25H34ClN3O3/c1-25(2,3)16-23(30)29(13-14-32-6)17-18-15-19(11-12-22(18)28(4)5)27-24(31)20-9-7-8-10-21(20)26/h7-12,15H,13-14,16-17H2,1-6H3,(H,27,31). The molecule has 7 heteroatoms. The molecule has 0 unspecified atom stereocenters. The summed E-state index contributed by atoms with van der Waals surface area (Å²) in [5.41, 5.74) is 2.86. The first-order valence-electron chi connectivity index (χ1n) is 10.6. The zero-order chi connectivity index (χ0) is 23.9. The molecule has 2 aromatic rings. The van der Waals surface area contributed by atoms with Gasteiger partial charge in [-0.05, 0) is 41.3 Å². The fourth-order valence-electron chi connectivity index (χ4n) is 3.33. The highest BCUT2D eigenvalue weighted by Crippen LogP contribution is 2.27. The molecule has 0 saturated carbocycles. The largest absolute Gasteiger partial charge is 0.383 e. The van der Waals surface area contributed by atoms with E-state index in [0.717, 1.165) is 11.3 Å². The minimum atomic E-state index is -0.279. The van der Waals surface area contributed by atoms with Crippen LogP contribution in [0.2, 0.25) is 5.02 Å². The van der Waals surface area contributed by atoms with Gasteiger partial charge >= 0.3 is 0 Å². The third-order valence-electron chi connectivity index (χ3n) is 4.90. The van der Waals surface area contributed by atoms with Crippen molar-refractivity contribution < 1.29 is 14.3 Å². The van der Waals surface area contributed by atoms with Crippen molar-refractivity contribution >= 4 is 34.8 Å². The summed E-state index contributed by atoms with van der Waals surface area (Å²) in [4.78, 5) is 29.5. The number of hydrogen-bond donors (Lipinski definition) is 1. The highest BCUT2D eigenvalue weighted by atomic mass is 35.5. The number of carbonyl (C=O) groups excluding carboxylic acids is 2. The molecule has 2 amide bonds. The highest BCUT2D eigenvalue weighted by molar-refractivity contribution is 6.34. The van der Waals surface area contributed by atoms with Crippen LogP contribution in [0.1, 0.15) is 43.1 Å². The smallest absolute Gasteiger partial charge is 0.257 e. The zero-order valence-electron chi connectivity index (χ0n) is 19.9. The monoisotopic (exact) mass is 459 g/mol. The number of carbonyl (C=O) groups is 2. The number of halogens is 1. The molecule has 0 aliphatic rings. The van der Waals surface area contributed by atoms with E-state index < -0.39 is 0 Å². The van der Waals surface area contributed by atoms with Crippen LogP contribution in [0.15, 0.2) is 42.5 Å². The molecule has 2 rings (SSSR count). The average molecular weight is 460 g/mol. The Kier molecular flexibility index (Phi) is 9.10. The lowest BCUT2D eigenvalue weighted by molar-refractivity contribution is -0.134. The molecule has 174 valence electrons. The number of benzene rings is 2. The van der Waals surface area contributed by atoms with Crippen molar-refractivity contribution in [3.05, 3.63) is 58.6 Å². The van der Waals surface area contributed by atoms with Crippen molar-refractivity contribution in [1.29, 1.82) is 0 Å². The van der Waals surface area contributed by atoms with E-state index in [-0.39, 0.29) is 17.2 Å². The maximum Gasteiger partial charge on any atom is 0.257 e. The fourth-order valence-corrected chi connectivity index (χ4v) is 3.56. The van der Waals surface area contributed by atoms with E-state index in [2.05, 4.69) is 26.1 Å². The molecule has 0 saturated heterocycles. The van der Waals surface area contributed by atoms with Gasteiger partial charge in [-0.2, -0.15) is 0 Å². The second kappa shape index (κ2) is 11.3. The molecule has 0 heterocycles. The Hall–Kier alpha value is -2.57. The summed E-state index contributed by atoms with van der Waals surface area (Å²) in [5, 5.41) is 3.32. The maximum absolute atomic E-state index is 13.0. The van der Waals surface area contributed by atoms with Crippen LogP contribution in [0.4, 0.5) is 11.4 Å². The minimum Gasteiger partial charge on any atom is -0.383 e.